The molecule has 130 valence electrons. The predicted molar refractivity (Wildman–Crippen MR) is 89.2 cm³/mol. The lowest BCUT2D eigenvalue weighted by molar-refractivity contribution is -0.0497. The second kappa shape index (κ2) is 7.48. The summed E-state index contributed by atoms with van der Waals surface area (Å²) in [6.07, 6.45) is 5.17. The Hall–Kier alpha value is -2.67. The molecule has 0 aliphatic carbocycles. The molecule has 2 heterocycles. The molecular weight excluding hydrogens is 352 g/mol. The van der Waals surface area contributed by atoms with Gasteiger partial charge in [-0.2, -0.15) is 13.9 Å². The summed E-state index contributed by atoms with van der Waals surface area (Å²) in [6, 6.07) is 8.26. The monoisotopic (exact) mass is 365 g/mol. The Morgan fingerprint density at radius 3 is 2.76 bits per heavy atom. The third-order valence-corrected chi connectivity index (χ3v) is 3.73. The van der Waals surface area contributed by atoms with Crippen molar-refractivity contribution in [2.24, 2.45) is 0 Å². The highest BCUT2D eigenvalue weighted by Crippen LogP contribution is 2.30. The largest absolute Gasteiger partial charge is 0.495 e. The van der Waals surface area contributed by atoms with Crippen LogP contribution in [0.1, 0.15) is 5.56 Å². The summed E-state index contributed by atoms with van der Waals surface area (Å²) in [4.78, 5) is 4.10. The molecule has 0 amide bonds. The number of rotatable bonds is 6. The molecule has 1 aromatic carbocycles. The molecule has 0 aliphatic heterocycles. The topological polar surface area (TPSA) is 49.2 Å². The Labute approximate surface area is 147 Å². The molecule has 0 saturated carbocycles. The quantitative estimate of drug-likeness (QED) is 0.655. The van der Waals surface area contributed by atoms with Gasteiger partial charge in [-0.15, -0.1) is 0 Å². The Morgan fingerprint density at radius 2 is 2.04 bits per heavy atom. The molecule has 8 heteroatoms. The zero-order chi connectivity index (χ0) is 17.8. The van der Waals surface area contributed by atoms with E-state index in [0.29, 0.717) is 23.6 Å². The molecule has 2 aromatic heterocycles. The van der Waals surface area contributed by atoms with Gasteiger partial charge in [0.2, 0.25) is 0 Å². The molecule has 0 unspecified atom stereocenters. The first kappa shape index (κ1) is 17.2. The lowest BCUT2D eigenvalue weighted by Gasteiger charge is -2.07. The van der Waals surface area contributed by atoms with E-state index in [-0.39, 0.29) is 10.8 Å². The van der Waals surface area contributed by atoms with Crippen molar-refractivity contribution < 1.29 is 18.3 Å². The maximum atomic E-state index is 12.3. The summed E-state index contributed by atoms with van der Waals surface area (Å²) in [7, 11) is 1.58. The standard InChI is InChI=1S/C17H14ClF2N3O2/c1-24-13-6-11(8-21-9-13)10-23-5-4-15(22-23)12-2-3-16(14(18)7-12)25-17(19)20/h2-9,17H,10H2,1H3. The number of pyridine rings is 1. The average Bonchev–Trinajstić information content (AvgIpc) is 3.05. The van der Waals surface area contributed by atoms with Crippen molar-refractivity contribution >= 4 is 11.6 Å². The van der Waals surface area contributed by atoms with Crippen molar-refractivity contribution in [1.82, 2.24) is 14.8 Å². The van der Waals surface area contributed by atoms with Gasteiger partial charge in [0.15, 0.2) is 0 Å². The first-order valence-electron chi connectivity index (χ1n) is 7.31. The fraction of sp³-hybridized carbons (Fsp3) is 0.176. The van der Waals surface area contributed by atoms with E-state index in [9.17, 15) is 8.78 Å². The van der Waals surface area contributed by atoms with Gasteiger partial charge in [0.1, 0.15) is 11.5 Å². The maximum absolute atomic E-state index is 12.3. The van der Waals surface area contributed by atoms with Crippen LogP contribution in [0, 0.1) is 0 Å². The zero-order valence-corrected chi connectivity index (χ0v) is 14.0. The molecule has 0 saturated heterocycles. The van der Waals surface area contributed by atoms with Crippen LogP contribution in [0.15, 0.2) is 48.9 Å². The van der Waals surface area contributed by atoms with Crippen molar-refractivity contribution in [3.63, 3.8) is 0 Å². The van der Waals surface area contributed by atoms with Gasteiger partial charge >= 0.3 is 6.61 Å². The zero-order valence-electron chi connectivity index (χ0n) is 13.2. The molecule has 3 rings (SSSR count). The molecular formula is C17H14ClF2N3O2. The van der Waals surface area contributed by atoms with E-state index >= 15 is 0 Å². The molecule has 25 heavy (non-hydrogen) atoms. The predicted octanol–water partition coefficient (Wildman–Crippen LogP) is 4.26. The minimum atomic E-state index is -2.92. The smallest absolute Gasteiger partial charge is 0.387 e. The van der Waals surface area contributed by atoms with Crippen LogP contribution in [0.4, 0.5) is 8.78 Å². The van der Waals surface area contributed by atoms with Crippen LogP contribution in [0.3, 0.4) is 0 Å². The van der Waals surface area contributed by atoms with Crippen LogP contribution >= 0.6 is 11.6 Å². The molecule has 0 atom stereocenters. The number of hydrogen-bond donors (Lipinski definition) is 0. The van der Waals surface area contributed by atoms with E-state index in [0.717, 1.165) is 5.56 Å². The highest BCUT2D eigenvalue weighted by atomic mass is 35.5. The van der Waals surface area contributed by atoms with E-state index in [1.165, 1.54) is 6.07 Å². The van der Waals surface area contributed by atoms with Crippen molar-refractivity contribution in [2.45, 2.75) is 13.2 Å². The van der Waals surface area contributed by atoms with E-state index < -0.39 is 6.61 Å². The van der Waals surface area contributed by atoms with Crippen LogP contribution in [0.2, 0.25) is 5.02 Å². The molecule has 3 aromatic rings. The number of ether oxygens (including phenoxy) is 2. The molecule has 0 N–H and O–H groups in total. The highest BCUT2D eigenvalue weighted by molar-refractivity contribution is 6.32. The first-order valence-corrected chi connectivity index (χ1v) is 7.69. The van der Waals surface area contributed by atoms with Crippen LogP contribution in [-0.4, -0.2) is 28.5 Å². The van der Waals surface area contributed by atoms with Crippen molar-refractivity contribution in [3.8, 4) is 22.8 Å². The summed E-state index contributed by atoms with van der Waals surface area (Å²) in [5.74, 6) is 0.605. The van der Waals surface area contributed by atoms with Gasteiger partial charge in [-0.3, -0.25) is 9.67 Å². The van der Waals surface area contributed by atoms with Gasteiger partial charge in [0.25, 0.3) is 0 Å². The van der Waals surface area contributed by atoms with Gasteiger partial charge in [-0.1, -0.05) is 11.6 Å². The number of hydrogen-bond acceptors (Lipinski definition) is 4. The minimum Gasteiger partial charge on any atom is -0.495 e. The molecule has 0 fully saturated rings. The number of halogens is 3. The highest BCUT2D eigenvalue weighted by Gasteiger charge is 2.11. The summed E-state index contributed by atoms with van der Waals surface area (Å²) in [6.45, 7) is -2.40. The number of methoxy groups -OCH3 is 1. The number of benzene rings is 1. The normalized spacial score (nSPS) is 10.9. The number of aromatic nitrogens is 3. The third kappa shape index (κ3) is 4.24. The van der Waals surface area contributed by atoms with Gasteiger partial charge in [0.05, 0.1) is 30.6 Å². The lowest BCUT2D eigenvalue weighted by atomic mass is 10.1. The third-order valence-electron chi connectivity index (χ3n) is 3.43. The SMILES string of the molecule is COc1cncc(Cn2ccc(-c3ccc(OC(F)F)c(Cl)c3)n2)c1. The Bertz CT molecular complexity index is 871. The van der Waals surface area contributed by atoms with Gasteiger partial charge < -0.3 is 9.47 Å². The summed E-state index contributed by atoms with van der Waals surface area (Å²) >= 11 is 5.98. The minimum absolute atomic E-state index is 0.0673. The first-order chi connectivity index (χ1) is 12.0. The van der Waals surface area contributed by atoms with Crippen LogP contribution in [-0.2, 0) is 6.54 Å². The summed E-state index contributed by atoms with van der Waals surface area (Å²) in [5.41, 5.74) is 2.31. The Morgan fingerprint density at radius 1 is 1.20 bits per heavy atom. The van der Waals surface area contributed by atoms with Crippen molar-refractivity contribution in [3.05, 3.63) is 59.5 Å². The fourth-order valence-electron chi connectivity index (χ4n) is 2.30. The molecule has 0 aliphatic rings. The molecule has 5 nitrogen and oxygen atoms in total. The second-order valence-corrected chi connectivity index (χ2v) is 5.56. The average molecular weight is 366 g/mol. The summed E-state index contributed by atoms with van der Waals surface area (Å²) in [5, 5.41) is 4.56. The van der Waals surface area contributed by atoms with E-state index in [1.807, 2.05) is 18.3 Å². The van der Waals surface area contributed by atoms with E-state index in [1.54, 1.807) is 36.3 Å². The molecule has 0 radical (unpaired) electrons. The Balaban J connectivity index is 1.78. The van der Waals surface area contributed by atoms with Crippen molar-refractivity contribution in [2.75, 3.05) is 7.11 Å². The van der Waals surface area contributed by atoms with Gasteiger partial charge in [-0.05, 0) is 35.9 Å². The number of alkyl halides is 2. The van der Waals surface area contributed by atoms with Crippen LogP contribution in [0.25, 0.3) is 11.3 Å². The second-order valence-electron chi connectivity index (χ2n) is 5.16. The van der Waals surface area contributed by atoms with E-state index in [2.05, 4.69) is 14.8 Å². The fourth-order valence-corrected chi connectivity index (χ4v) is 2.53. The lowest BCUT2D eigenvalue weighted by Crippen LogP contribution is -2.02. The number of nitrogens with zero attached hydrogens (tertiary/aromatic N) is 3. The molecule has 0 spiro atoms. The summed E-state index contributed by atoms with van der Waals surface area (Å²) < 4.78 is 35.8. The van der Waals surface area contributed by atoms with E-state index in [4.69, 9.17) is 16.3 Å². The van der Waals surface area contributed by atoms with Gasteiger partial charge in [0, 0.05) is 18.0 Å². The van der Waals surface area contributed by atoms with Crippen LogP contribution in [0.5, 0.6) is 11.5 Å². The maximum Gasteiger partial charge on any atom is 0.387 e. The Kier molecular flexibility index (Phi) is 5.14. The van der Waals surface area contributed by atoms with Crippen molar-refractivity contribution in [1.29, 1.82) is 0 Å². The van der Waals surface area contributed by atoms with Gasteiger partial charge in [-0.25, -0.2) is 0 Å². The van der Waals surface area contributed by atoms with Crippen LogP contribution < -0.4 is 9.47 Å². The molecule has 0 bridgehead atoms.